The van der Waals surface area contributed by atoms with Gasteiger partial charge in [0.05, 0.1) is 0 Å². The number of rotatable bonds is 8. The molecule has 2 aliphatic rings. The predicted molar refractivity (Wildman–Crippen MR) is 200 cm³/mol. The third-order valence-electron chi connectivity index (χ3n) is 10.6. The number of hydrogen-bond donors (Lipinski definition) is 0. The molecule has 0 spiro atoms. The van der Waals surface area contributed by atoms with Crippen LogP contribution in [0.3, 0.4) is 0 Å². The Bertz CT molecular complexity index is 1790. The van der Waals surface area contributed by atoms with Gasteiger partial charge in [0.15, 0.2) is 0 Å². The van der Waals surface area contributed by atoms with Crippen molar-refractivity contribution in [2.45, 2.75) is 79.6 Å². The van der Waals surface area contributed by atoms with E-state index in [-0.39, 0.29) is 12.7 Å². The van der Waals surface area contributed by atoms with Crippen molar-refractivity contribution < 1.29 is 15.6 Å². The van der Waals surface area contributed by atoms with Crippen molar-refractivity contribution in [3.8, 4) is 22.3 Å². The number of halogens is 2. The van der Waals surface area contributed by atoms with Crippen molar-refractivity contribution in [2.75, 3.05) is 0 Å². The summed E-state index contributed by atoms with van der Waals surface area (Å²) in [5, 5.41) is 0. The summed E-state index contributed by atoms with van der Waals surface area (Å²) < 4.78 is 0.218. The molecule has 0 saturated heterocycles. The number of aryl methyl sites for hydroxylation is 1. The van der Waals surface area contributed by atoms with E-state index in [4.69, 9.17) is 17.0 Å². The van der Waals surface area contributed by atoms with E-state index in [0.29, 0.717) is 0 Å². The molecule has 6 rings (SSSR count). The second-order valence-corrected chi connectivity index (χ2v) is 57.2. The van der Waals surface area contributed by atoms with Crippen molar-refractivity contribution >= 4 is 35.1 Å². The van der Waals surface area contributed by atoms with Gasteiger partial charge in [0, 0.05) is 0 Å². The second kappa shape index (κ2) is 12.2. The van der Waals surface area contributed by atoms with Crippen molar-refractivity contribution in [1.29, 1.82) is 0 Å². The predicted octanol–water partition coefficient (Wildman–Crippen LogP) is 12.9. The summed E-state index contributed by atoms with van der Waals surface area (Å²) in [6.45, 7) is 16.2. The summed E-state index contributed by atoms with van der Waals surface area (Å²) >= 11 is -4.69. The van der Waals surface area contributed by atoms with Gasteiger partial charge in [-0.3, -0.25) is 0 Å². The van der Waals surface area contributed by atoms with Crippen molar-refractivity contribution in [2.24, 2.45) is 0 Å². The molecule has 4 aromatic rings. The first-order valence-corrected chi connectivity index (χ1v) is 33.1. The molecule has 0 heterocycles. The zero-order valence-electron chi connectivity index (χ0n) is 27.9. The fourth-order valence-corrected chi connectivity index (χ4v) is 37.3. The molecule has 4 aromatic carbocycles. The van der Waals surface area contributed by atoms with Gasteiger partial charge >= 0.3 is 283 Å². The van der Waals surface area contributed by atoms with Gasteiger partial charge < -0.3 is 0 Å². The quantitative estimate of drug-likeness (QED) is 0.158. The first-order chi connectivity index (χ1) is 21.4. The molecule has 0 aromatic heterocycles. The molecule has 0 amide bonds. The molecule has 2 aliphatic carbocycles. The van der Waals surface area contributed by atoms with Crippen LogP contribution in [0.1, 0.15) is 88.1 Å². The number of hydrogen-bond acceptors (Lipinski definition) is 0. The molecule has 4 heteroatoms. The first kappa shape index (κ1) is 33.0. The average Bonchev–Trinajstić information content (AvgIpc) is 3.64. The normalized spacial score (nSPS) is 18.4. The minimum atomic E-state index is -4.69. The van der Waals surface area contributed by atoms with E-state index >= 15 is 0 Å². The Morgan fingerprint density at radius 1 is 0.733 bits per heavy atom. The summed E-state index contributed by atoms with van der Waals surface area (Å²) in [6, 6.07) is 31.9. The van der Waals surface area contributed by atoms with Gasteiger partial charge in [0.25, 0.3) is 0 Å². The number of allylic oxidation sites excluding steroid dienone is 2. The maximum atomic E-state index is 8.48. The van der Waals surface area contributed by atoms with Crippen LogP contribution >= 0.6 is 17.0 Å². The van der Waals surface area contributed by atoms with E-state index in [9.17, 15) is 0 Å². The second-order valence-electron chi connectivity index (χ2n) is 14.6. The Morgan fingerprint density at radius 2 is 1.31 bits per heavy atom. The van der Waals surface area contributed by atoms with Crippen molar-refractivity contribution in [3.63, 3.8) is 0 Å². The zero-order chi connectivity index (χ0) is 32.2. The van der Waals surface area contributed by atoms with Crippen molar-refractivity contribution in [3.05, 3.63) is 130 Å². The number of fused-ring (bicyclic) bond motifs is 2. The molecular weight excluding hydrogens is 683 g/mol. The molecule has 0 radical (unpaired) electrons. The van der Waals surface area contributed by atoms with Gasteiger partial charge in [0.1, 0.15) is 0 Å². The van der Waals surface area contributed by atoms with Crippen molar-refractivity contribution in [1.82, 2.24) is 0 Å². The molecule has 2 atom stereocenters. The van der Waals surface area contributed by atoms with E-state index in [1.54, 1.807) is 0 Å². The van der Waals surface area contributed by atoms with Gasteiger partial charge in [-0.05, 0) is 0 Å². The fourth-order valence-electron chi connectivity index (χ4n) is 7.88. The third-order valence-corrected chi connectivity index (χ3v) is 62.6. The maximum absolute atomic E-state index is 8.48. The Hall–Kier alpha value is -1.96. The van der Waals surface area contributed by atoms with Crippen LogP contribution in [0.4, 0.5) is 0 Å². The van der Waals surface area contributed by atoms with Gasteiger partial charge in [-0.25, -0.2) is 0 Å². The van der Waals surface area contributed by atoms with Crippen LogP contribution in [0.25, 0.3) is 34.4 Å². The van der Waals surface area contributed by atoms with Crippen LogP contribution in [0.15, 0.2) is 96.6 Å². The summed E-state index contributed by atoms with van der Waals surface area (Å²) in [7, 11) is 17.0. The van der Waals surface area contributed by atoms with Crippen LogP contribution < -0.4 is 0 Å². The number of benzene rings is 4. The summed E-state index contributed by atoms with van der Waals surface area (Å²) in [5.74, 6) is -1.57. The molecule has 45 heavy (non-hydrogen) atoms. The molecule has 0 bridgehead atoms. The summed E-state index contributed by atoms with van der Waals surface area (Å²) in [6.07, 6.45) is 10.4. The fraction of sp³-hybridized carbons (Fsp3) is 0.317. The van der Waals surface area contributed by atoms with Crippen LogP contribution in [-0.4, -0.2) is 5.92 Å². The van der Waals surface area contributed by atoms with Crippen LogP contribution in [0.2, 0.25) is 13.1 Å². The average molecular weight is 730 g/mol. The molecule has 0 aliphatic heterocycles. The Kier molecular flexibility index (Phi) is 8.97. The zero-order valence-corrected chi connectivity index (χ0v) is 33.0. The first-order valence-electron chi connectivity index (χ1n) is 16.8. The molecule has 0 saturated carbocycles. The molecule has 233 valence electrons. The molecule has 2 unspecified atom stereocenters. The monoisotopic (exact) mass is 727 g/mol. The van der Waals surface area contributed by atoms with E-state index in [2.05, 4.69) is 151 Å². The molecule has 0 N–H and O–H groups in total. The molecule has 0 nitrogen and oxygen atoms in total. The SMILES string of the molecule is CCCC1=Cc2c(-c3ccc(CC)cc3)cccc2[CH]1[Zr]([Cl])([Cl])([CH]1C=Cc2c(-c3ccc(C(C)(C)C)cc3)cccc21)[SiH](C)C. The van der Waals surface area contributed by atoms with Gasteiger partial charge in [-0.2, -0.15) is 0 Å². The molecule has 0 fully saturated rings. The minimum absolute atomic E-state index is 0.0916. The van der Waals surface area contributed by atoms with Crippen LogP contribution in [0.5, 0.6) is 0 Å². The topological polar surface area (TPSA) is 0 Å². The third kappa shape index (κ3) is 5.57. The van der Waals surface area contributed by atoms with Gasteiger partial charge in [0.2, 0.25) is 0 Å². The summed E-state index contributed by atoms with van der Waals surface area (Å²) in [5.41, 5.74) is 14.7. The summed E-state index contributed by atoms with van der Waals surface area (Å²) in [4.78, 5) is 0. The Morgan fingerprint density at radius 3 is 1.87 bits per heavy atom. The Balaban J connectivity index is 1.49. The standard InChI is InChI=1S/C20H21.C19H19.C2H7Si.2ClH.Zr/c1-3-6-16-13-18-7-5-8-19(20(18)14-16)17-11-9-15(4-2)10-12-17;1-19(2,3)16-12-10-15(11-13-16)18-9-5-7-14-6-4-8-17(14)18;1-3-2;;;/h5,7-14H,3-4,6H2,1-2H3;4-13H,1-3H3;3H,1-2H3;2*1H;/q;;;;;+2/p-2. The van der Waals surface area contributed by atoms with E-state index in [1.165, 1.54) is 61.2 Å². The van der Waals surface area contributed by atoms with Gasteiger partial charge in [-0.15, -0.1) is 0 Å². The Labute approximate surface area is 280 Å². The van der Waals surface area contributed by atoms with E-state index in [1.807, 2.05) is 0 Å². The van der Waals surface area contributed by atoms with Gasteiger partial charge in [-0.1, -0.05) is 0 Å². The van der Waals surface area contributed by atoms with Crippen LogP contribution in [0, 0.1) is 0 Å². The van der Waals surface area contributed by atoms with Crippen LogP contribution in [-0.2, 0) is 27.4 Å². The van der Waals surface area contributed by atoms with E-state index < -0.39 is 21.5 Å². The molecular formula is C41H47Cl2SiZr. The van der Waals surface area contributed by atoms with E-state index in [0.717, 1.165) is 19.3 Å².